The Morgan fingerprint density at radius 2 is 1.89 bits per heavy atom. The minimum absolute atomic E-state index is 0.539. The summed E-state index contributed by atoms with van der Waals surface area (Å²) in [7, 11) is 4.09. The predicted molar refractivity (Wildman–Crippen MR) is 75.9 cm³/mol. The van der Waals surface area contributed by atoms with Crippen molar-refractivity contribution in [2.45, 2.75) is 57.0 Å². The van der Waals surface area contributed by atoms with Crippen LogP contribution in [0.2, 0.25) is 0 Å². The molecule has 1 N–H and O–H groups in total. The highest BCUT2D eigenvalue weighted by Crippen LogP contribution is 2.24. The van der Waals surface area contributed by atoms with Gasteiger partial charge < -0.3 is 10.1 Å². The second-order valence-electron chi connectivity index (χ2n) is 6.24. The zero-order valence-electron chi connectivity index (χ0n) is 12.2. The van der Waals surface area contributed by atoms with Crippen LogP contribution >= 0.6 is 0 Å². The van der Waals surface area contributed by atoms with Crippen LogP contribution < -0.4 is 5.32 Å². The van der Waals surface area contributed by atoms with Crippen LogP contribution in [0.15, 0.2) is 0 Å². The van der Waals surface area contributed by atoms with Gasteiger partial charge in [-0.1, -0.05) is 19.3 Å². The lowest BCUT2D eigenvalue weighted by molar-refractivity contribution is 0.0901. The molecule has 2 aliphatic rings. The van der Waals surface area contributed by atoms with E-state index in [9.17, 15) is 0 Å². The molecular weight excluding hydrogens is 224 g/mol. The summed E-state index contributed by atoms with van der Waals surface area (Å²) in [5.74, 6) is 0.920. The monoisotopic (exact) mass is 254 g/mol. The highest BCUT2D eigenvalue weighted by Gasteiger charge is 2.24. The fourth-order valence-corrected chi connectivity index (χ4v) is 3.05. The summed E-state index contributed by atoms with van der Waals surface area (Å²) in [4.78, 5) is 2.52. The molecular formula is C15H30N2O. The second-order valence-corrected chi connectivity index (χ2v) is 6.24. The molecule has 3 nitrogen and oxygen atoms in total. The van der Waals surface area contributed by atoms with Crippen molar-refractivity contribution in [2.24, 2.45) is 5.92 Å². The summed E-state index contributed by atoms with van der Waals surface area (Å²) >= 11 is 0. The van der Waals surface area contributed by atoms with Crippen molar-refractivity contribution in [3.8, 4) is 0 Å². The van der Waals surface area contributed by atoms with Gasteiger partial charge in [0.05, 0.1) is 6.61 Å². The molecule has 18 heavy (non-hydrogen) atoms. The van der Waals surface area contributed by atoms with Crippen molar-refractivity contribution in [2.75, 3.05) is 33.9 Å². The maximum absolute atomic E-state index is 5.39. The molecule has 3 heteroatoms. The van der Waals surface area contributed by atoms with Crippen molar-refractivity contribution in [3.05, 3.63) is 0 Å². The lowest BCUT2D eigenvalue weighted by Gasteiger charge is -2.32. The van der Waals surface area contributed by atoms with Gasteiger partial charge in [0.2, 0.25) is 0 Å². The standard InChI is InChI=1S/C15H30N2O/c1-17(11-13-6-4-3-5-7-13)15(12-18-2)10-16-14-8-9-14/h13-16H,3-12H2,1-2H3. The number of likely N-dealkylation sites (N-methyl/N-ethyl adjacent to an activating group) is 1. The van der Waals surface area contributed by atoms with Crippen LogP contribution in [0.1, 0.15) is 44.9 Å². The van der Waals surface area contributed by atoms with E-state index in [-0.39, 0.29) is 0 Å². The zero-order chi connectivity index (χ0) is 12.8. The fraction of sp³-hybridized carbons (Fsp3) is 1.00. The molecule has 0 spiro atoms. The average molecular weight is 254 g/mol. The van der Waals surface area contributed by atoms with Gasteiger partial charge in [0.25, 0.3) is 0 Å². The lowest BCUT2D eigenvalue weighted by Crippen LogP contribution is -2.45. The maximum Gasteiger partial charge on any atom is 0.0630 e. The molecule has 2 aliphatic carbocycles. The third kappa shape index (κ3) is 4.87. The van der Waals surface area contributed by atoms with Gasteiger partial charge in [-0.15, -0.1) is 0 Å². The summed E-state index contributed by atoms with van der Waals surface area (Å²) in [5, 5.41) is 3.64. The van der Waals surface area contributed by atoms with Gasteiger partial charge in [-0.2, -0.15) is 0 Å². The quantitative estimate of drug-likeness (QED) is 0.719. The largest absolute Gasteiger partial charge is 0.383 e. The highest BCUT2D eigenvalue weighted by atomic mass is 16.5. The van der Waals surface area contributed by atoms with Crippen LogP contribution in [-0.4, -0.2) is 50.8 Å². The van der Waals surface area contributed by atoms with E-state index in [0.717, 1.165) is 25.1 Å². The number of nitrogens with zero attached hydrogens (tertiary/aromatic N) is 1. The van der Waals surface area contributed by atoms with E-state index in [1.807, 2.05) is 7.11 Å². The molecule has 0 aliphatic heterocycles. The minimum atomic E-state index is 0.539. The first kappa shape index (κ1) is 14.3. The number of hydrogen-bond acceptors (Lipinski definition) is 3. The van der Waals surface area contributed by atoms with Gasteiger partial charge >= 0.3 is 0 Å². The average Bonchev–Trinajstić information content (AvgIpc) is 3.19. The topological polar surface area (TPSA) is 24.5 Å². The Hall–Kier alpha value is -0.120. The molecule has 0 bridgehead atoms. The third-order valence-electron chi connectivity index (χ3n) is 4.47. The van der Waals surface area contributed by atoms with Gasteiger partial charge in [-0.05, 0) is 38.6 Å². The van der Waals surface area contributed by atoms with Crippen LogP contribution in [0, 0.1) is 5.92 Å². The first-order valence-electron chi connectivity index (χ1n) is 7.72. The summed E-state index contributed by atoms with van der Waals surface area (Å²) in [6.45, 7) is 3.19. The molecule has 0 aromatic heterocycles. The first-order valence-corrected chi connectivity index (χ1v) is 7.72. The van der Waals surface area contributed by atoms with Gasteiger partial charge in [-0.3, -0.25) is 4.90 Å². The molecule has 0 aromatic rings. The van der Waals surface area contributed by atoms with Crippen LogP contribution in [0.5, 0.6) is 0 Å². The SMILES string of the molecule is COCC(CNC1CC1)N(C)CC1CCCCC1. The summed E-state index contributed by atoms with van der Waals surface area (Å²) in [6, 6.07) is 1.34. The third-order valence-corrected chi connectivity index (χ3v) is 4.47. The molecule has 0 aromatic carbocycles. The van der Waals surface area contributed by atoms with E-state index in [4.69, 9.17) is 4.74 Å². The normalized spacial score (nSPS) is 23.5. The van der Waals surface area contributed by atoms with Crippen molar-refractivity contribution in [1.29, 1.82) is 0 Å². The van der Waals surface area contributed by atoms with E-state index in [1.54, 1.807) is 0 Å². The Bertz CT molecular complexity index is 225. The van der Waals surface area contributed by atoms with Gasteiger partial charge in [0.1, 0.15) is 0 Å². The van der Waals surface area contributed by atoms with Crippen molar-refractivity contribution in [1.82, 2.24) is 10.2 Å². The number of hydrogen-bond donors (Lipinski definition) is 1. The maximum atomic E-state index is 5.39. The van der Waals surface area contributed by atoms with Gasteiger partial charge in [0.15, 0.2) is 0 Å². The Balaban J connectivity index is 1.71. The van der Waals surface area contributed by atoms with Crippen LogP contribution in [0.4, 0.5) is 0 Å². The van der Waals surface area contributed by atoms with E-state index in [1.165, 1.54) is 51.5 Å². The number of nitrogens with one attached hydrogen (secondary N) is 1. The molecule has 2 rings (SSSR count). The second kappa shape index (κ2) is 7.46. The van der Waals surface area contributed by atoms with E-state index in [0.29, 0.717) is 6.04 Å². The lowest BCUT2D eigenvalue weighted by atomic mass is 9.89. The number of ether oxygens (including phenoxy) is 1. The van der Waals surface area contributed by atoms with Crippen molar-refractivity contribution >= 4 is 0 Å². The Morgan fingerprint density at radius 3 is 2.50 bits per heavy atom. The summed E-state index contributed by atoms with van der Waals surface area (Å²) < 4.78 is 5.39. The minimum Gasteiger partial charge on any atom is -0.383 e. The molecule has 106 valence electrons. The number of methoxy groups -OCH3 is 1. The highest BCUT2D eigenvalue weighted by molar-refractivity contribution is 4.84. The van der Waals surface area contributed by atoms with E-state index < -0.39 is 0 Å². The molecule has 0 radical (unpaired) electrons. The molecule has 0 heterocycles. The first-order chi connectivity index (χ1) is 8.79. The summed E-state index contributed by atoms with van der Waals surface area (Å²) in [5.41, 5.74) is 0. The summed E-state index contributed by atoms with van der Waals surface area (Å²) in [6.07, 6.45) is 9.92. The molecule has 1 atom stereocenters. The Morgan fingerprint density at radius 1 is 1.17 bits per heavy atom. The van der Waals surface area contributed by atoms with E-state index >= 15 is 0 Å². The zero-order valence-corrected chi connectivity index (χ0v) is 12.2. The van der Waals surface area contributed by atoms with E-state index in [2.05, 4.69) is 17.3 Å². The van der Waals surface area contributed by atoms with Crippen LogP contribution in [-0.2, 0) is 4.74 Å². The van der Waals surface area contributed by atoms with Gasteiger partial charge in [0, 0.05) is 32.3 Å². The van der Waals surface area contributed by atoms with Crippen LogP contribution in [0.3, 0.4) is 0 Å². The van der Waals surface area contributed by atoms with Crippen LogP contribution in [0.25, 0.3) is 0 Å². The molecule has 2 fully saturated rings. The van der Waals surface area contributed by atoms with Gasteiger partial charge in [-0.25, -0.2) is 0 Å². The Labute approximate surface area is 112 Å². The Kier molecular flexibility index (Phi) is 5.93. The van der Waals surface area contributed by atoms with Crippen molar-refractivity contribution in [3.63, 3.8) is 0 Å². The smallest absolute Gasteiger partial charge is 0.0630 e. The fourth-order valence-electron chi connectivity index (χ4n) is 3.05. The predicted octanol–water partition coefficient (Wildman–Crippen LogP) is 2.27. The molecule has 1 unspecified atom stereocenters. The molecule has 2 saturated carbocycles. The molecule has 0 saturated heterocycles. The van der Waals surface area contributed by atoms with Crippen molar-refractivity contribution < 1.29 is 4.74 Å². The number of rotatable bonds is 8. The molecule has 0 amide bonds.